The number of hydrogen-bond donors (Lipinski definition) is 2. The highest BCUT2D eigenvalue weighted by molar-refractivity contribution is 7.13. The van der Waals surface area contributed by atoms with Crippen LogP contribution in [0.3, 0.4) is 0 Å². The molecule has 0 spiro atoms. The quantitative estimate of drug-likeness (QED) is 0.696. The molecule has 140 valence electrons. The van der Waals surface area contributed by atoms with E-state index in [1.807, 2.05) is 11.0 Å². The topological polar surface area (TPSA) is 119 Å². The maximum absolute atomic E-state index is 12.0. The molecule has 2 amide bonds. The minimum absolute atomic E-state index is 0.115. The standard InChI is InChI=1S/C18H19N5O3S/c19-9-12-7-14(24)17(21-10-12)18-22-13(11-27-18)8-15(25)20-4-2-6-23-5-1-3-16(23)26/h7,10-11,24H,1-6,8H2,(H,20,25). The van der Waals surface area contributed by atoms with Gasteiger partial charge in [0, 0.05) is 43.7 Å². The molecule has 0 aliphatic carbocycles. The summed E-state index contributed by atoms with van der Waals surface area (Å²) >= 11 is 1.28. The molecule has 0 radical (unpaired) electrons. The lowest BCUT2D eigenvalue weighted by Gasteiger charge is -2.15. The first-order valence-electron chi connectivity index (χ1n) is 8.65. The number of thiazole rings is 1. The molecule has 27 heavy (non-hydrogen) atoms. The van der Waals surface area contributed by atoms with Crippen LogP contribution in [0.1, 0.15) is 30.5 Å². The average molecular weight is 385 g/mol. The Balaban J connectivity index is 1.48. The lowest BCUT2D eigenvalue weighted by atomic mass is 10.2. The van der Waals surface area contributed by atoms with E-state index in [-0.39, 0.29) is 29.5 Å². The molecule has 0 saturated carbocycles. The molecule has 0 bridgehead atoms. The molecule has 3 heterocycles. The molecule has 0 unspecified atom stereocenters. The van der Waals surface area contributed by atoms with E-state index in [9.17, 15) is 14.7 Å². The number of amides is 2. The van der Waals surface area contributed by atoms with E-state index in [2.05, 4.69) is 15.3 Å². The highest BCUT2D eigenvalue weighted by Gasteiger charge is 2.19. The van der Waals surface area contributed by atoms with E-state index >= 15 is 0 Å². The predicted octanol–water partition coefficient (Wildman–Crippen LogP) is 1.45. The second kappa shape index (κ2) is 8.60. The first-order valence-corrected chi connectivity index (χ1v) is 9.53. The van der Waals surface area contributed by atoms with E-state index in [0.29, 0.717) is 35.9 Å². The summed E-state index contributed by atoms with van der Waals surface area (Å²) in [6.45, 7) is 1.99. The fraction of sp³-hybridized carbons (Fsp3) is 0.389. The van der Waals surface area contributed by atoms with Crippen molar-refractivity contribution in [1.82, 2.24) is 20.2 Å². The zero-order valence-electron chi connectivity index (χ0n) is 14.6. The summed E-state index contributed by atoms with van der Waals surface area (Å²) < 4.78 is 0. The second-order valence-corrected chi connectivity index (χ2v) is 7.07. The van der Waals surface area contributed by atoms with Crippen molar-refractivity contribution in [2.75, 3.05) is 19.6 Å². The van der Waals surface area contributed by atoms with Crippen LogP contribution in [0.15, 0.2) is 17.6 Å². The summed E-state index contributed by atoms with van der Waals surface area (Å²) in [5.41, 5.74) is 1.15. The van der Waals surface area contributed by atoms with Crippen LogP contribution < -0.4 is 5.32 Å². The molecule has 2 aromatic rings. The highest BCUT2D eigenvalue weighted by Crippen LogP contribution is 2.30. The smallest absolute Gasteiger partial charge is 0.226 e. The molecule has 0 aromatic carbocycles. The molecule has 2 N–H and O–H groups in total. The highest BCUT2D eigenvalue weighted by atomic mass is 32.1. The summed E-state index contributed by atoms with van der Waals surface area (Å²) in [7, 11) is 0. The molecule has 9 heteroatoms. The van der Waals surface area contributed by atoms with Crippen molar-refractivity contribution < 1.29 is 14.7 Å². The molecule has 2 aromatic heterocycles. The number of pyridine rings is 1. The van der Waals surface area contributed by atoms with Gasteiger partial charge in [-0.3, -0.25) is 9.59 Å². The maximum Gasteiger partial charge on any atom is 0.226 e. The Hall–Kier alpha value is -2.99. The Kier molecular flexibility index (Phi) is 5.98. The van der Waals surface area contributed by atoms with Gasteiger partial charge in [0.25, 0.3) is 0 Å². The zero-order valence-corrected chi connectivity index (χ0v) is 15.5. The third kappa shape index (κ3) is 4.80. The molecule has 1 saturated heterocycles. The molecule has 1 aliphatic rings. The van der Waals surface area contributed by atoms with Gasteiger partial charge in [0.05, 0.1) is 17.7 Å². The Morgan fingerprint density at radius 1 is 1.48 bits per heavy atom. The van der Waals surface area contributed by atoms with Crippen LogP contribution in [0.25, 0.3) is 10.7 Å². The minimum Gasteiger partial charge on any atom is -0.506 e. The average Bonchev–Trinajstić information content (AvgIpc) is 3.27. The summed E-state index contributed by atoms with van der Waals surface area (Å²) in [6, 6.07) is 3.24. The van der Waals surface area contributed by atoms with E-state index in [1.54, 1.807) is 5.38 Å². The monoisotopic (exact) mass is 385 g/mol. The van der Waals surface area contributed by atoms with Gasteiger partial charge in [0.15, 0.2) is 0 Å². The van der Waals surface area contributed by atoms with E-state index in [0.717, 1.165) is 19.4 Å². The number of nitrogens with zero attached hydrogens (tertiary/aromatic N) is 4. The Labute approximate surface area is 160 Å². The van der Waals surface area contributed by atoms with E-state index in [4.69, 9.17) is 5.26 Å². The van der Waals surface area contributed by atoms with Gasteiger partial charge in [-0.1, -0.05) is 0 Å². The number of aromatic nitrogens is 2. The molecule has 1 fully saturated rings. The van der Waals surface area contributed by atoms with Gasteiger partial charge < -0.3 is 15.3 Å². The van der Waals surface area contributed by atoms with Crippen LogP contribution >= 0.6 is 11.3 Å². The van der Waals surface area contributed by atoms with Crippen molar-refractivity contribution in [3.63, 3.8) is 0 Å². The van der Waals surface area contributed by atoms with E-state index < -0.39 is 0 Å². The number of carbonyl (C=O) groups excluding carboxylic acids is 2. The third-order valence-electron chi connectivity index (χ3n) is 4.19. The van der Waals surface area contributed by atoms with Crippen molar-refractivity contribution in [1.29, 1.82) is 5.26 Å². The van der Waals surface area contributed by atoms with Gasteiger partial charge in [-0.2, -0.15) is 5.26 Å². The number of nitriles is 1. The van der Waals surface area contributed by atoms with E-state index in [1.165, 1.54) is 23.6 Å². The first-order chi connectivity index (χ1) is 13.1. The Bertz CT molecular complexity index is 889. The van der Waals surface area contributed by atoms with Crippen molar-refractivity contribution >= 4 is 23.2 Å². The number of nitrogens with one attached hydrogen (secondary N) is 1. The van der Waals surface area contributed by atoms with Gasteiger partial charge >= 0.3 is 0 Å². The third-order valence-corrected chi connectivity index (χ3v) is 5.09. The fourth-order valence-electron chi connectivity index (χ4n) is 2.84. The summed E-state index contributed by atoms with van der Waals surface area (Å²) in [5.74, 6) is -0.0662. The number of aromatic hydroxyl groups is 1. The van der Waals surface area contributed by atoms with Gasteiger partial charge in [0.1, 0.15) is 22.5 Å². The first kappa shape index (κ1) is 18.8. The normalized spacial score (nSPS) is 13.6. The molecule has 8 nitrogen and oxygen atoms in total. The van der Waals surface area contributed by atoms with Gasteiger partial charge in [-0.05, 0) is 12.8 Å². The number of rotatable bonds is 7. The molecule has 0 atom stereocenters. The number of carbonyl (C=O) groups is 2. The maximum atomic E-state index is 12.0. The summed E-state index contributed by atoms with van der Waals surface area (Å²) in [4.78, 5) is 33.8. The number of hydrogen-bond acceptors (Lipinski definition) is 7. The minimum atomic E-state index is -0.142. The fourth-order valence-corrected chi connectivity index (χ4v) is 3.66. The van der Waals surface area contributed by atoms with Gasteiger partial charge in [-0.15, -0.1) is 11.3 Å². The van der Waals surface area contributed by atoms with Crippen LogP contribution in [0.2, 0.25) is 0 Å². The van der Waals surface area contributed by atoms with Gasteiger partial charge in [0.2, 0.25) is 11.8 Å². The molecule has 3 rings (SSSR count). The Morgan fingerprint density at radius 3 is 3.04 bits per heavy atom. The van der Waals surface area contributed by atoms with Crippen LogP contribution in [0, 0.1) is 11.3 Å². The second-order valence-electron chi connectivity index (χ2n) is 6.21. The zero-order chi connectivity index (χ0) is 19.2. The van der Waals surface area contributed by atoms with Crippen molar-refractivity contribution in [3.05, 3.63) is 28.9 Å². The largest absolute Gasteiger partial charge is 0.506 e. The van der Waals surface area contributed by atoms with Crippen LogP contribution in [0.4, 0.5) is 0 Å². The predicted molar refractivity (Wildman–Crippen MR) is 98.9 cm³/mol. The lowest BCUT2D eigenvalue weighted by Crippen LogP contribution is -2.31. The SMILES string of the molecule is N#Cc1cnc(-c2nc(CC(=O)NCCCN3CCCC3=O)cs2)c(O)c1. The number of likely N-dealkylation sites (tertiary alicyclic amines) is 1. The summed E-state index contributed by atoms with van der Waals surface area (Å²) in [5, 5.41) is 23.8. The van der Waals surface area contributed by atoms with Gasteiger partial charge in [-0.25, -0.2) is 9.97 Å². The van der Waals surface area contributed by atoms with Crippen LogP contribution in [0.5, 0.6) is 5.75 Å². The molecular formula is C18H19N5O3S. The molecular weight excluding hydrogens is 366 g/mol. The Morgan fingerprint density at radius 2 is 2.33 bits per heavy atom. The van der Waals surface area contributed by atoms with Crippen LogP contribution in [-0.2, 0) is 16.0 Å². The van der Waals surface area contributed by atoms with Crippen molar-refractivity contribution in [2.24, 2.45) is 0 Å². The van der Waals surface area contributed by atoms with Crippen molar-refractivity contribution in [3.8, 4) is 22.5 Å². The van der Waals surface area contributed by atoms with Crippen LogP contribution in [-0.4, -0.2) is 51.4 Å². The summed E-state index contributed by atoms with van der Waals surface area (Å²) in [6.07, 6.45) is 3.77. The van der Waals surface area contributed by atoms with Crippen molar-refractivity contribution in [2.45, 2.75) is 25.7 Å². The lowest BCUT2D eigenvalue weighted by molar-refractivity contribution is -0.127. The molecule has 1 aliphatic heterocycles.